The van der Waals surface area contributed by atoms with Gasteiger partial charge in [0.05, 0.1) is 5.70 Å². The van der Waals surface area contributed by atoms with Crippen molar-refractivity contribution < 1.29 is 0 Å². The lowest BCUT2D eigenvalue weighted by molar-refractivity contribution is 0.592. The summed E-state index contributed by atoms with van der Waals surface area (Å²) in [7, 11) is 0. The number of azo groups is 1. The normalized spacial score (nSPS) is 20.7. The van der Waals surface area contributed by atoms with Gasteiger partial charge in [0.15, 0.2) is 6.17 Å². The van der Waals surface area contributed by atoms with Crippen LogP contribution in [0.25, 0.3) is 0 Å². The Morgan fingerprint density at radius 3 is 2.62 bits per heavy atom. The lowest BCUT2D eigenvalue weighted by Gasteiger charge is -2.15. The highest BCUT2D eigenvalue weighted by atomic mass is 15.2. The summed E-state index contributed by atoms with van der Waals surface area (Å²) in [6.07, 6.45) is 1.86. The molecule has 1 atom stereocenters. The van der Waals surface area contributed by atoms with Crippen molar-refractivity contribution in [1.82, 2.24) is 5.32 Å². The molecule has 3 nitrogen and oxygen atoms in total. The van der Waals surface area contributed by atoms with Gasteiger partial charge in [-0.25, -0.2) is 0 Å². The van der Waals surface area contributed by atoms with Gasteiger partial charge in [0, 0.05) is 6.20 Å². The number of rotatable bonds is 1. The number of hydrogen-bond donors (Lipinski definition) is 1. The summed E-state index contributed by atoms with van der Waals surface area (Å²) in [6.45, 7) is 1.91. The van der Waals surface area contributed by atoms with Gasteiger partial charge in [-0.3, -0.25) is 0 Å². The first kappa shape index (κ1) is 7.98. The molecule has 0 aromatic heterocycles. The van der Waals surface area contributed by atoms with Gasteiger partial charge in [-0.2, -0.15) is 10.2 Å². The minimum absolute atomic E-state index is 0.0232. The van der Waals surface area contributed by atoms with E-state index >= 15 is 0 Å². The number of allylic oxidation sites excluding steroid dienone is 1. The molecule has 1 aliphatic heterocycles. The fraction of sp³-hybridized carbons (Fsp3) is 0.200. The second-order valence-corrected chi connectivity index (χ2v) is 2.98. The molecule has 1 aliphatic rings. The van der Waals surface area contributed by atoms with Crippen LogP contribution >= 0.6 is 0 Å². The zero-order chi connectivity index (χ0) is 9.10. The molecule has 66 valence electrons. The van der Waals surface area contributed by atoms with Gasteiger partial charge in [0.25, 0.3) is 0 Å². The minimum atomic E-state index is -0.0232. The van der Waals surface area contributed by atoms with E-state index < -0.39 is 0 Å². The summed E-state index contributed by atoms with van der Waals surface area (Å²) in [4.78, 5) is 0. The molecule has 0 spiro atoms. The van der Waals surface area contributed by atoms with Gasteiger partial charge in [0.1, 0.15) is 0 Å². The summed E-state index contributed by atoms with van der Waals surface area (Å²) < 4.78 is 0. The standard InChI is InChI=1S/C10H11N3/c1-8-7-11-10(13-12-8)9-5-3-2-4-6-9/h2-7,10-11H,1H3. The Bertz CT molecular complexity index is 340. The van der Waals surface area contributed by atoms with Crippen molar-refractivity contribution in [2.45, 2.75) is 13.1 Å². The molecular weight excluding hydrogens is 162 g/mol. The van der Waals surface area contributed by atoms with Crippen LogP contribution in [0.15, 0.2) is 52.5 Å². The summed E-state index contributed by atoms with van der Waals surface area (Å²) in [5.74, 6) is 0. The van der Waals surface area contributed by atoms with E-state index in [1.54, 1.807) is 0 Å². The third-order valence-corrected chi connectivity index (χ3v) is 1.90. The molecule has 0 saturated heterocycles. The predicted octanol–water partition coefficient (Wildman–Crippen LogP) is 2.60. The van der Waals surface area contributed by atoms with Crippen molar-refractivity contribution in [3.05, 3.63) is 47.8 Å². The van der Waals surface area contributed by atoms with Gasteiger partial charge in [-0.05, 0) is 12.5 Å². The average Bonchev–Trinajstić information content (AvgIpc) is 2.20. The fourth-order valence-electron chi connectivity index (χ4n) is 1.21. The van der Waals surface area contributed by atoms with Crippen LogP contribution in [0.3, 0.4) is 0 Å². The summed E-state index contributed by atoms with van der Waals surface area (Å²) in [5.41, 5.74) is 2.04. The summed E-state index contributed by atoms with van der Waals surface area (Å²) in [6, 6.07) is 10.1. The van der Waals surface area contributed by atoms with Crippen molar-refractivity contribution in [2.24, 2.45) is 10.2 Å². The van der Waals surface area contributed by atoms with Crippen molar-refractivity contribution >= 4 is 0 Å². The lowest BCUT2D eigenvalue weighted by atomic mass is 10.2. The molecule has 1 N–H and O–H groups in total. The van der Waals surface area contributed by atoms with Crippen LogP contribution in [0.5, 0.6) is 0 Å². The summed E-state index contributed by atoms with van der Waals surface area (Å²) in [5, 5.41) is 11.3. The molecule has 13 heavy (non-hydrogen) atoms. The first-order chi connectivity index (χ1) is 6.36. The van der Waals surface area contributed by atoms with Crippen molar-refractivity contribution in [3.63, 3.8) is 0 Å². The van der Waals surface area contributed by atoms with Gasteiger partial charge in [0.2, 0.25) is 0 Å². The Kier molecular flexibility index (Phi) is 2.08. The molecule has 1 aromatic rings. The summed E-state index contributed by atoms with van der Waals surface area (Å²) >= 11 is 0. The van der Waals surface area contributed by atoms with Gasteiger partial charge < -0.3 is 5.32 Å². The van der Waals surface area contributed by atoms with Crippen LogP contribution in [0, 0.1) is 0 Å². The van der Waals surface area contributed by atoms with Gasteiger partial charge >= 0.3 is 0 Å². The zero-order valence-electron chi connectivity index (χ0n) is 7.44. The third-order valence-electron chi connectivity index (χ3n) is 1.90. The molecule has 2 rings (SSSR count). The van der Waals surface area contributed by atoms with Crippen LogP contribution in [0.1, 0.15) is 18.7 Å². The second kappa shape index (κ2) is 3.39. The largest absolute Gasteiger partial charge is 0.363 e. The Balaban J connectivity index is 2.18. The maximum Gasteiger partial charge on any atom is 0.165 e. The molecule has 1 heterocycles. The van der Waals surface area contributed by atoms with Crippen molar-refractivity contribution in [3.8, 4) is 0 Å². The molecule has 0 amide bonds. The fourth-order valence-corrected chi connectivity index (χ4v) is 1.21. The molecule has 0 fully saturated rings. The SMILES string of the molecule is CC1=CNC(c2ccccc2)N=N1. The van der Waals surface area contributed by atoms with E-state index in [2.05, 4.69) is 15.5 Å². The molecule has 0 bridgehead atoms. The maximum absolute atomic E-state index is 4.13. The molecule has 0 aliphatic carbocycles. The second-order valence-electron chi connectivity index (χ2n) is 2.98. The molecule has 3 heteroatoms. The van der Waals surface area contributed by atoms with Crippen LogP contribution in [0.2, 0.25) is 0 Å². The van der Waals surface area contributed by atoms with E-state index in [4.69, 9.17) is 0 Å². The average molecular weight is 173 g/mol. The van der Waals surface area contributed by atoms with Crippen LogP contribution in [0.4, 0.5) is 0 Å². The van der Waals surface area contributed by atoms with Crippen molar-refractivity contribution in [2.75, 3.05) is 0 Å². The first-order valence-corrected chi connectivity index (χ1v) is 4.25. The topological polar surface area (TPSA) is 36.8 Å². The highest BCUT2D eigenvalue weighted by Gasteiger charge is 2.09. The number of nitrogens with zero attached hydrogens (tertiary/aromatic N) is 2. The molecule has 1 aromatic carbocycles. The maximum atomic E-state index is 4.13. The van der Waals surface area contributed by atoms with Crippen LogP contribution < -0.4 is 5.32 Å². The van der Waals surface area contributed by atoms with Gasteiger partial charge in [-0.15, -0.1) is 0 Å². The van der Waals surface area contributed by atoms with Crippen molar-refractivity contribution in [1.29, 1.82) is 0 Å². The molecule has 0 saturated carbocycles. The van der Waals surface area contributed by atoms with E-state index in [0.29, 0.717) is 0 Å². The predicted molar refractivity (Wildman–Crippen MR) is 50.9 cm³/mol. The van der Waals surface area contributed by atoms with E-state index in [1.165, 1.54) is 0 Å². The highest BCUT2D eigenvalue weighted by Crippen LogP contribution is 2.18. The van der Waals surface area contributed by atoms with Crippen LogP contribution in [-0.2, 0) is 0 Å². The quantitative estimate of drug-likeness (QED) is 0.696. The van der Waals surface area contributed by atoms with E-state index in [1.807, 2.05) is 43.5 Å². The Morgan fingerprint density at radius 2 is 2.00 bits per heavy atom. The lowest BCUT2D eigenvalue weighted by Crippen LogP contribution is -2.15. The third kappa shape index (κ3) is 1.75. The molecular formula is C10H11N3. The van der Waals surface area contributed by atoms with E-state index in [9.17, 15) is 0 Å². The molecule has 1 unspecified atom stereocenters. The Labute approximate surface area is 77.2 Å². The van der Waals surface area contributed by atoms with Gasteiger partial charge in [-0.1, -0.05) is 30.3 Å². The monoisotopic (exact) mass is 173 g/mol. The smallest absolute Gasteiger partial charge is 0.165 e. The Morgan fingerprint density at radius 1 is 1.23 bits per heavy atom. The van der Waals surface area contributed by atoms with E-state index in [0.717, 1.165) is 11.3 Å². The number of nitrogens with one attached hydrogen (secondary N) is 1. The number of benzene rings is 1. The first-order valence-electron chi connectivity index (χ1n) is 4.25. The highest BCUT2D eigenvalue weighted by molar-refractivity contribution is 5.19. The zero-order valence-corrected chi connectivity index (χ0v) is 7.44. The molecule has 0 radical (unpaired) electrons. The Hall–Kier alpha value is -1.64. The van der Waals surface area contributed by atoms with Crippen LogP contribution in [-0.4, -0.2) is 0 Å². The van der Waals surface area contributed by atoms with E-state index in [-0.39, 0.29) is 6.17 Å². The minimum Gasteiger partial charge on any atom is -0.363 e. The number of hydrogen-bond acceptors (Lipinski definition) is 3.